The van der Waals surface area contributed by atoms with E-state index >= 15 is 0 Å². The van der Waals surface area contributed by atoms with Crippen LogP contribution in [0.4, 0.5) is 0 Å². The molecule has 2 aliphatic rings. The number of rotatable bonds is 11. The summed E-state index contributed by atoms with van der Waals surface area (Å²) in [6, 6.07) is -0.521. The van der Waals surface area contributed by atoms with Crippen LogP contribution in [0.1, 0.15) is 13.2 Å². The highest BCUT2D eigenvalue weighted by atomic mass is 31.3. The van der Waals surface area contributed by atoms with Crippen LogP contribution >= 0.6 is 15.6 Å². The second-order valence-corrected chi connectivity index (χ2v) is 11.6. The molecule has 20 nitrogen and oxygen atoms in total. The highest BCUT2D eigenvalue weighted by Crippen LogP contribution is 2.61. The lowest BCUT2D eigenvalue weighted by Crippen LogP contribution is -2.64. The first-order valence-corrected chi connectivity index (χ1v) is 14.4. The average molecular weight is 621 g/mol. The van der Waals surface area contributed by atoms with Crippen molar-refractivity contribution in [1.82, 2.24) is 14.9 Å². The molecular formula is C18H29N3O17P2. The highest BCUT2D eigenvalue weighted by Gasteiger charge is 2.51. The topological polar surface area (TPSA) is 295 Å². The lowest BCUT2D eigenvalue weighted by molar-refractivity contribution is -0.252. The molecule has 2 aliphatic heterocycles. The molecule has 8 N–H and O–H groups in total. The first-order valence-electron chi connectivity index (χ1n) is 11.4. The SMILES string of the molecule is COC1C(O)C(CO)OC(OP(=O)(O)OP(=O)(O)OC[C@H]2O[C@@H](n3ccc(=O)[nH]c3=O)[C@H](O)[C@@H]2O)C1NC(C)=O. The van der Waals surface area contributed by atoms with Gasteiger partial charge in [-0.25, -0.2) is 13.9 Å². The van der Waals surface area contributed by atoms with Crippen molar-refractivity contribution in [3.05, 3.63) is 33.1 Å². The first-order chi connectivity index (χ1) is 18.6. The van der Waals surface area contributed by atoms with E-state index in [1.165, 1.54) is 0 Å². The zero-order valence-electron chi connectivity index (χ0n) is 20.8. The molecule has 0 spiro atoms. The molecule has 1 amide bonds. The first kappa shape index (κ1) is 32.6. The van der Waals surface area contributed by atoms with Crippen LogP contribution in [-0.2, 0) is 41.5 Å². The lowest BCUT2D eigenvalue weighted by Gasteiger charge is -2.43. The molecule has 7 unspecified atom stereocenters. The summed E-state index contributed by atoms with van der Waals surface area (Å²) < 4.78 is 54.9. The Labute approximate surface area is 224 Å². The van der Waals surface area contributed by atoms with Crippen molar-refractivity contribution in [3.8, 4) is 0 Å². The summed E-state index contributed by atoms with van der Waals surface area (Å²) in [7, 11) is -9.95. The molecule has 1 aromatic rings. The number of nitrogens with zero attached hydrogens (tertiary/aromatic N) is 1. The molecule has 0 radical (unpaired) electrons. The van der Waals surface area contributed by atoms with E-state index in [9.17, 15) is 53.7 Å². The van der Waals surface area contributed by atoms with E-state index in [0.717, 1.165) is 30.9 Å². The Kier molecular flexibility index (Phi) is 10.6. The summed E-state index contributed by atoms with van der Waals surface area (Å²) in [5.41, 5.74) is -1.74. The monoisotopic (exact) mass is 621 g/mol. The average Bonchev–Trinajstić information content (AvgIpc) is 3.12. The number of aliphatic hydroxyl groups excluding tert-OH is 4. The predicted molar refractivity (Wildman–Crippen MR) is 125 cm³/mol. The van der Waals surface area contributed by atoms with Crippen LogP contribution in [0.2, 0.25) is 0 Å². The van der Waals surface area contributed by atoms with Gasteiger partial charge in [-0.3, -0.25) is 28.2 Å². The molecule has 11 atom stereocenters. The number of H-pyrrole nitrogens is 1. The summed E-state index contributed by atoms with van der Waals surface area (Å²) >= 11 is 0. The van der Waals surface area contributed by atoms with Gasteiger partial charge in [0.15, 0.2) is 12.5 Å². The van der Waals surface area contributed by atoms with Crippen molar-refractivity contribution < 1.29 is 71.7 Å². The van der Waals surface area contributed by atoms with Gasteiger partial charge in [-0.2, -0.15) is 4.31 Å². The van der Waals surface area contributed by atoms with E-state index in [-0.39, 0.29) is 0 Å². The number of carbonyl (C=O) groups is 1. The molecule has 0 saturated carbocycles. The zero-order chi connectivity index (χ0) is 30.0. The molecule has 0 bridgehead atoms. The van der Waals surface area contributed by atoms with Crippen LogP contribution in [0.25, 0.3) is 0 Å². The number of aromatic amines is 1. The molecule has 1 aromatic heterocycles. The standard InChI is InChI=1S/C18H29N3O17P2/c1-7(23)19-11-15(33-2)13(26)8(5-22)36-17(11)37-40(31,32)38-39(29,30)34-6-9-12(25)14(27)16(35-9)21-4-3-10(24)20-18(21)28/h3-4,8-9,11-17,22,25-27H,5-6H2,1-2H3,(H,19,23)(H,29,30)(H,31,32)(H,20,24,28)/t8?,9-,11?,12-,13?,14-,15?,16-,17?/m1/s1. The minimum atomic E-state index is -5.58. The van der Waals surface area contributed by atoms with Crippen LogP contribution in [0.15, 0.2) is 21.9 Å². The Morgan fingerprint density at radius 2 is 1.77 bits per heavy atom. The Morgan fingerprint density at radius 1 is 1.10 bits per heavy atom. The second-order valence-electron chi connectivity index (χ2n) is 8.63. The van der Waals surface area contributed by atoms with Crippen molar-refractivity contribution in [2.75, 3.05) is 20.3 Å². The molecule has 2 fully saturated rings. The van der Waals surface area contributed by atoms with Crippen LogP contribution in [0, 0.1) is 0 Å². The van der Waals surface area contributed by atoms with Gasteiger partial charge in [0, 0.05) is 26.3 Å². The number of methoxy groups -OCH3 is 1. The van der Waals surface area contributed by atoms with E-state index in [1.807, 2.05) is 4.98 Å². The van der Waals surface area contributed by atoms with E-state index in [2.05, 4.69) is 14.2 Å². The third-order valence-electron chi connectivity index (χ3n) is 5.80. The van der Waals surface area contributed by atoms with Gasteiger partial charge < -0.3 is 49.7 Å². The van der Waals surface area contributed by atoms with E-state index < -0.39 is 101 Å². The Hall–Kier alpha value is -1.87. The largest absolute Gasteiger partial charge is 0.483 e. The summed E-state index contributed by atoms with van der Waals surface area (Å²) in [6.45, 7) is -0.763. The van der Waals surface area contributed by atoms with Crippen LogP contribution in [0.3, 0.4) is 0 Å². The highest BCUT2D eigenvalue weighted by molar-refractivity contribution is 7.61. The predicted octanol–water partition coefficient (Wildman–Crippen LogP) is -4.00. The molecular weight excluding hydrogens is 592 g/mol. The van der Waals surface area contributed by atoms with E-state index in [0.29, 0.717) is 0 Å². The minimum Gasteiger partial charge on any atom is -0.394 e. The maximum Gasteiger partial charge on any atom is 0.483 e. The van der Waals surface area contributed by atoms with E-state index in [4.69, 9.17) is 18.7 Å². The van der Waals surface area contributed by atoms with Gasteiger partial charge in [0.1, 0.15) is 42.7 Å². The number of aliphatic hydroxyl groups is 4. The number of hydrogen-bond acceptors (Lipinski definition) is 15. The molecule has 40 heavy (non-hydrogen) atoms. The van der Waals surface area contributed by atoms with Gasteiger partial charge >= 0.3 is 21.3 Å². The fourth-order valence-corrected chi connectivity index (χ4v) is 6.19. The van der Waals surface area contributed by atoms with Crippen LogP contribution in [-0.4, -0.2) is 115 Å². The molecule has 3 heterocycles. The molecule has 22 heteroatoms. The Morgan fingerprint density at radius 3 is 2.35 bits per heavy atom. The lowest BCUT2D eigenvalue weighted by atomic mass is 9.97. The van der Waals surface area contributed by atoms with Gasteiger partial charge in [0.05, 0.1) is 13.2 Å². The molecule has 228 valence electrons. The molecule has 0 aromatic carbocycles. The fourth-order valence-electron chi connectivity index (χ4n) is 4.03. The van der Waals surface area contributed by atoms with Gasteiger partial charge in [-0.1, -0.05) is 0 Å². The van der Waals surface area contributed by atoms with Crippen LogP contribution in [0.5, 0.6) is 0 Å². The number of ether oxygens (including phenoxy) is 3. The number of nitrogens with one attached hydrogen (secondary N) is 2. The maximum absolute atomic E-state index is 12.6. The number of hydrogen-bond donors (Lipinski definition) is 8. The zero-order valence-corrected chi connectivity index (χ0v) is 22.6. The molecule has 0 aliphatic carbocycles. The maximum atomic E-state index is 12.6. The van der Waals surface area contributed by atoms with Crippen molar-refractivity contribution in [1.29, 1.82) is 0 Å². The summed E-state index contributed by atoms with van der Waals surface area (Å²) in [5, 5.41) is 42.4. The van der Waals surface area contributed by atoms with Crippen LogP contribution < -0.4 is 16.6 Å². The number of amides is 1. The number of carbonyl (C=O) groups excluding carboxylic acids is 1. The second kappa shape index (κ2) is 13.0. The number of aromatic nitrogens is 2. The summed E-state index contributed by atoms with van der Waals surface area (Å²) in [4.78, 5) is 56.8. The normalized spacial score (nSPS) is 35.5. The van der Waals surface area contributed by atoms with Gasteiger partial charge in [0.2, 0.25) is 5.91 Å². The van der Waals surface area contributed by atoms with Crippen molar-refractivity contribution >= 4 is 21.6 Å². The quantitative estimate of drug-likeness (QED) is 0.109. The van der Waals surface area contributed by atoms with Crippen molar-refractivity contribution in [3.63, 3.8) is 0 Å². The fraction of sp³-hybridized carbons (Fsp3) is 0.722. The third kappa shape index (κ3) is 7.69. The van der Waals surface area contributed by atoms with Crippen molar-refractivity contribution in [2.45, 2.75) is 62.1 Å². The van der Waals surface area contributed by atoms with Gasteiger partial charge in [-0.05, 0) is 0 Å². The third-order valence-corrected chi connectivity index (χ3v) is 8.40. The van der Waals surface area contributed by atoms with Gasteiger partial charge in [-0.15, -0.1) is 0 Å². The smallest absolute Gasteiger partial charge is 0.394 e. The minimum absolute atomic E-state index is 0.705. The Bertz CT molecular complexity index is 1260. The van der Waals surface area contributed by atoms with E-state index in [1.54, 1.807) is 0 Å². The number of phosphoric acid groups is 2. The van der Waals surface area contributed by atoms with Crippen molar-refractivity contribution in [2.24, 2.45) is 0 Å². The molecule has 2 saturated heterocycles. The van der Waals surface area contributed by atoms with Gasteiger partial charge in [0.25, 0.3) is 5.56 Å². The molecule has 3 rings (SSSR count). The number of phosphoric ester groups is 2. The Balaban J connectivity index is 1.67. The summed E-state index contributed by atoms with van der Waals surface area (Å²) in [5.74, 6) is -0.705. The summed E-state index contributed by atoms with van der Waals surface area (Å²) in [6.07, 6.45) is -11.9.